The molecular weight excluding hydrogens is 292 g/mol. The number of nitrogens with zero attached hydrogens (tertiary/aromatic N) is 7. The van der Waals surface area contributed by atoms with E-state index < -0.39 is 17.2 Å². The Morgan fingerprint density at radius 1 is 1.50 bits per heavy atom. The maximum Gasteiger partial charge on any atom is 0.322 e. The van der Waals surface area contributed by atoms with E-state index in [1.54, 1.807) is 13.0 Å². The zero-order chi connectivity index (χ0) is 15.7. The average molecular weight is 302 g/mol. The van der Waals surface area contributed by atoms with Crippen LogP contribution in [0.1, 0.15) is 16.4 Å². The van der Waals surface area contributed by atoms with Crippen LogP contribution in [0.3, 0.4) is 0 Å². The van der Waals surface area contributed by atoms with Gasteiger partial charge in [-0.1, -0.05) is 11.2 Å². The zero-order valence-electron chi connectivity index (χ0n) is 11.4. The van der Waals surface area contributed by atoms with Gasteiger partial charge in [-0.25, -0.2) is 4.68 Å². The maximum atomic E-state index is 12.0. The van der Waals surface area contributed by atoms with Crippen LogP contribution in [-0.2, 0) is 6.54 Å². The number of rotatable bonds is 4. The van der Waals surface area contributed by atoms with E-state index in [1.807, 2.05) is 0 Å². The topological polar surface area (TPSA) is 133 Å². The van der Waals surface area contributed by atoms with E-state index in [2.05, 4.69) is 37.3 Å². The predicted molar refractivity (Wildman–Crippen MR) is 72.2 cm³/mol. The second kappa shape index (κ2) is 5.20. The van der Waals surface area contributed by atoms with Crippen LogP contribution in [0, 0.1) is 6.92 Å². The molecule has 0 fully saturated rings. The third kappa shape index (κ3) is 2.34. The molecule has 1 N–H and O–H groups in total. The summed E-state index contributed by atoms with van der Waals surface area (Å²) in [6.07, 6.45) is 2.93. The van der Waals surface area contributed by atoms with Gasteiger partial charge in [-0.3, -0.25) is 14.9 Å². The van der Waals surface area contributed by atoms with Gasteiger partial charge in [-0.15, -0.1) is 11.7 Å². The minimum absolute atomic E-state index is 0.129. The van der Waals surface area contributed by atoms with Crippen LogP contribution in [0.2, 0.25) is 0 Å². The van der Waals surface area contributed by atoms with Gasteiger partial charge < -0.3 is 4.42 Å². The monoisotopic (exact) mass is 302 g/mol. The largest absolute Gasteiger partial charge is 0.408 e. The molecule has 0 saturated carbocycles. The van der Waals surface area contributed by atoms with E-state index in [0.717, 1.165) is 0 Å². The number of amides is 1. The molecule has 0 bridgehead atoms. The van der Waals surface area contributed by atoms with Gasteiger partial charge in [0.15, 0.2) is 0 Å². The van der Waals surface area contributed by atoms with Gasteiger partial charge in [0.25, 0.3) is 11.7 Å². The van der Waals surface area contributed by atoms with E-state index in [1.165, 1.54) is 15.5 Å². The molecule has 0 atom stereocenters. The summed E-state index contributed by atoms with van der Waals surface area (Å²) in [4.78, 5) is 27.8. The Morgan fingerprint density at radius 3 is 3.00 bits per heavy atom. The summed E-state index contributed by atoms with van der Waals surface area (Å²) >= 11 is 0. The molecule has 0 unspecified atom stereocenters. The summed E-state index contributed by atoms with van der Waals surface area (Å²) in [5.41, 5.74) is -1.20. The summed E-state index contributed by atoms with van der Waals surface area (Å²) in [5, 5.41) is 17.3. The van der Waals surface area contributed by atoms with E-state index in [4.69, 9.17) is 4.42 Å². The molecule has 11 heteroatoms. The van der Waals surface area contributed by atoms with Crippen LogP contribution in [-0.4, -0.2) is 40.5 Å². The van der Waals surface area contributed by atoms with Crippen LogP contribution in [0.15, 0.2) is 28.2 Å². The number of anilines is 1. The van der Waals surface area contributed by atoms with Crippen LogP contribution in [0.4, 0.5) is 6.01 Å². The summed E-state index contributed by atoms with van der Waals surface area (Å²) in [5.74, 6) is -0.318. The van der Waals surface area contributed by atoms with Crippen LogP contribution >= 0.6 is 0 Å². The first-order valence-electron chi connectivity index (χ1n) is 6.13. The van der Waals surface area contributed by atoms with Gasteiger partial charge in [0.05, 0.1) is 6.54 Å². The molecule has 0 aromatic carbocycles. The molecule has 3 aromatic rings. The van der Waals surface area contributed by atoms with Gasteiger partial charge in [-0.2, -0.15) is 19.7 Å². The van der Waals surface area contributed by atoms with Crippen molar-refractivity contribution in [3.63, 3.8) is 0 Å². The smallest absolute Gasteiger partial charge is 0.322 e. The Bertz CT molecular complexity index is 921. The number of hydrogen-bond acceptors (Lipinski definition) is 8. The zero-order valence-corrected chi connectivity index (χ0v) is 11.4. The molecule has 0 radical (unpaired) electrons. The molecule has 0 aliphatic carbocycles. The molecule has 11 nitrogen and oxygen atoms in total. The fraction of sp³-hybridized carbons (Fsp3) is 0.182. The lowest BCUT2D eigenvalue weighted by molar-refractivity contribution is 0.101. The van der Waals surface area contributed by atoms with Crippen molar-refractivity contribution in [2.75, 3.05) is 5.32 Å². The number of carbonyl (C=O) groups excluding carboxylic acids is 1. The molecule has 3 rings (SSSR count). The first kappa shape index (κ1) is 13.6. The third-order valence-corrected chi connectivity index (χ3v) is 2.61. The van der Waals surface area contributed by atoms with Crippen LogP contribution in [0.25, 0.3) is 5.78 Å². The van der Waals surface area contributed by atoms with Crippen molar-refractivity contribution in [3.05, 3.63) is 40.9 Å². The highest BCUT2D eigenvalue weighted by Crippen LogP contribution is 2.05. The Morgan fingerprint density at radius 2 is 2.32 bits per heavy atom. The second-order valence-corrected chi connectivity index (χ2v) is 4.19. The van der Waals surface area contributed by atoms with Crippen LogP contribution in [0.5, 0.6) is 0 Å². The standard InChI is InChI=1S/C11H10N8O3/c1-3-4-18-11-14-9(21)7(17-19(11)5-12-18)8(20)13-10-16-15-6(2)22-10/h3,5H,1,4H2,2H3,(H,13,16,20). The predicted octanol–water partition coefficient (Wildman–Crippen LogP) is -0.584. The molecule has 22 heavy (non-hydrogen) atoms. The van der Waals surface area contributed by atoms with E-state index >= 15 is 0 Å². The molecular formula is C11H10N8O3. The Labute approximate surface area is 122 Å². The molecule has 0 aliphatic heterocycles. The highest BCUT2D eigenvalue weighted by atomic mass is 16.4. The van der Waals surface area contributed by atoms with Crippen molar-refractivity contribution < 1.29 is 9.21 Å². The van der Waals surface area contributed by atoms with Crippen molar-refractivity contribution in [2.24, 2.45) is 0 Å². The summed E-state index contributed by atoms with van der Waals surface area (Å²) < 4.78 is 7.64. The highest BCUT2D eigenvalue weighted by Gasteiger charge is 2.18. The number of aryl methyl sites for hydroxylation is 1. The third-order valence-electron chi connectivity index (χ3n) is 2.61. The number of hydrogen-bond donors (Lipinski definition) is 1. The van der Waals surface area contributed by atoms with Crippen molar-refractivity contribution in [2.45, 2.75) is 13.5 Å². The number of aromatic nitrogens is 7. The van der Waals surface area contributed by atoms with E-state index in [-0.39, 0.29) is 17.7 Å². The van der Waals surface area contributed by atoms with Gasteiger partial charge in [0.1, 0.15) is 6.33 Å². The molecule has 1 amide bonds. The Hall–Kier alpha value is -3.37. The van der Waals surface area contributed by atoms with Crippen molar-refractivity contribution in [3.8, 4) is 0 Å². The van der Waals surface area contributed by atoms with Gasteiger partial charge >= 0.3 is 11.6 Å². The Kier molecular flexibility index (Phi) is 3.21. The molecule has 0 saturated heterocycles. The van der Waals surface area contributed by atoms with Crippen molar-refractivity contribution in [1.29, 1.82) is 0 Å². The van der Waals surface area contributed by atoms with Gasteiger partial charge in [0, 0.05) is 6.92 Å². The SMILES string of the molecule is C=CCn1ncn2nc(C(=O)Nc3nnc(C)o3)c(=O)nc12. The Balaban J connectivity index is 1.96. The van der Waals surface area contributed by atoms with Crippen LogP contribution < -0.4 is 10.9 Å². The highest BCUT2D eigenvalue weighted by molar-refractivity contribution is 6.01. The number of nitrogens with one attached hydrogen (secondary N) is 1. The molecule has 112 valence electrons. The first-order valence-corrected chi connectivity index (χ1v) is 6.13. The van der Waals surface area contributed by atoms with Crippen molar-refractivity contribution >= 4 is 17.7 Å². The van der Waals surface area contributed by atoms with Gasteiger partial charge in [-0.05, 0) is 0 Å². The average Bonchev–Trinajstić information content (AvgIpc) is 3.05. The summed E-state index contributed by atoms with van der Waals surface area (Å²) in [7, 11) is 0. The maximum absolute atomic E-state index is 12.0. The number of carbonyl (C=O) groups is 1. The lowest BCUT2D eigenvalue weighted by Gasteiger charge is -2.00. The minimum atomic E-state index is -0.799. The number of allylic oxidation sites excluding steroid dienone is 1. The lowest BCUT2D eigenvalue weighted by atomic mass is 10.4. The molecule has 0 aliphatic rings. The van der Waals surface area contributed by atoms with Gasteiger partial charge in [0.2, 0.25) is 11.6 Å². The second-order valence-electron chi connectivity index (χ2n) is 4.19. The summed E-state index contributed by atoms with van der Waals surface area (Å²) in [6.45, 7) is 5.50. The fourth-order valence-electron chi connectivity index (χ4n) is 1.70. The summed E-state index contributed by atoms with van der Waals surface area (Å²) in [6, 6.07) is -0.129. The normalized spacial score (nSPS) is 10.8. The number of fused-ring (bicyclic) bond motifs is 1. The molecule has 3 heterocycles. The van der Waals surface area contributed by atoms with E-state index in [9.17, 15) is 9.59 Å². The quantitative estimate of drug-likeness (QED) is 0.632. The van der Waals surface area contributed by atoms with Crippen molar-refractivity contribution in [1.82, 2.24) is 34.6 Å². The fourth-order valence-corrected chi connectivity index (χ4v) is 1.70. The van der Waals surface area contributed by atoms with E-state index in [0.29, 0.717) is 6.54 Å². The molecule has 0 spiro atoms. The lowest BCUT2D eigenvalue weighted by Crippen LogP contribution is -2.27. The minimum Gasteiger partial charge on any atom is -0.408 e. The first-order chi connectivity index (χ1) is 10.6. The molecule has 3 aromatic heterocycles.